The van der Waals surface area contributed by atoms with Gasteiger partial charge in [0.25, 0.3) is 5.91 Å². The van der Waals surface area contributed by atoms with Crippen LogP contribution in [-0.2, 0) is 0 Å². The van der Waals surface area contributed by atoms with Crippen LogP contribution in [0.5, 0.6) is 0 Å². The largest absolute Gasteiger partial charge is 0.398 e. The molecule has 1 heterocycles. The summed E-state index contributed by atoms with van der Waals surface area (Å²) >= 11 is 0. The van der Waals surface area contributed by atoms with E-state index in [2.05, 4.69) is 26.8 Å². The number of fused-ring (bicyclic) bond motifs is 1. The summed E-state index contributed by atoms with van der Waals surface area (Å²) in [6, 6.07) is 5.83. The highest BCUT2D eigenvalue weighted by molar-refractivity contribution is 6.01. The van der Waals surface area contributed by atoms with Gasteiger partial charge >= 0.3 is 0 Å². The number of benzene rings is 1. The predicted octanol–water partition coefficient (Wildman–Crippen LogP) is 2.87. The Bertz CT molecular complexity index is 454. The number of hydrogen-bond acceptors (Lipinski definition) is 2. The zero-order valence-corrected chi connectivity index (χ0v) is 11.4. The van der Waals surface area contributed by atoms with Crippen LogP contribution in [0.1, 0.15) is 49.0 Å². The Kier molecular flexibility index (Phi) is 3.60. The molecule has 1 atom stereocenters. The lowest BCUT2D eigenvalue weighted by atomic mass is 9.81. The van der Waals surface area contributed by atoms with Gasteiger partial charge in [-0.25, -0.2) is 0 Å². The van der Waals surface area contributed by atoms with E-state index < -0.39 is 0 Å². The van der Waals surface area contributed by atoms with Crippen LogP contribution in [0, 0.1) is 5.92 Å². The molecule has 1 aliphatic heterocycles. The molecule has 2 rings (SSSR count). The van der Waals surface area contributed by atoms with Gasteiger partial charge in [-0.3, -0.25) is 4.79 Å². The van der Waals surface area contributed by atoms with Crippen LogP contribution in [0.3, 0.4) is 0 Å². The van der Waals surface area contributed by atoms with E-state index in [4.69, 9.17) is 5.73 Å². The van der Waals surface area contributed by atoms with Crippen molar-refractivity contribution in [2.24, 2.45) is 5.92 Å². The van der Waals surface area contributed by atoms with E-state index in [9.17, 15) is 4.79 Å². The molecule has 0 aliphatic carbocycles. The van der Waals surface area contributed by atoms with Crippen molar-refractivity contribution >= 4 is 11.6 Å². The average Bonchev–Trinajstić information content (AvgIpc) is 2.32. The number of nitrogens with zero attached hydrogens (tertiary/aromatic N) is 1. The molecule has 18 heavy (non-hydrogen) atoms. The Morgan fingerprint density at radius 2 is 2.17 bits per heavy atom. The number of nitrogen functional groups attached to an aromatic ring is 1. The van der Waals surface area contributed by atoms with E-state index >= 15 is 0 Å². The smallest absolute Gasteiger partial charge is 0.256 e. The van der Waals surface area contributed by atoms with E-state index in [1.54, 1.807) is 0 Å². The Balaban J connectivity index is 2.48. The van der Waals surface area contributed by atoms with E-state index in [1.165, 1.54) is 0 Å². The van der Waals surface area contributed by atoms with Crippen LogP contribution in [0.25, 0.3) is 0 Å². The number of carbonyl (C=O) groups excluding carboxylic acids is 1. The molecule has 1 aromatic rings. The molecule has 1 aromatic carbocycles. The molecule has 3 heteroatoms. The van der Waals surface area contributed by atoms with Crippen LogP contribution in [0.4, 0.5) is 5.69 Å². The molecule has 0 bridgehead atoms. The SMILES string of the molecule is CCCN1CC(C(C)C)c2cccc(N)c2C1=O. The molecule has 0 spiro atoms. The highest BCUT2D eigenvalue weighted by Crippen LogP contribution is 2.35. The molecular formula is C15H22N2O. The fraction of sp³-hybridized carbons (Fsp3) is 0.533. The van der Waals surface area contributed by atoms with Crippen LogP contribution in [-0.4, -0.2) is 23.9 Å². The van der Waals surface area contributed by atoms with Crippen molar-refractivity contribution in [3.8, 4) is 0 Å². The topological polar surface area (TPSA) is 46.3 Å². The first-order valence-corrected chi connectivity index (χ1v) is 6.73. The molecule has 1 amide bonds. The van der Waals surface area contributed by atoms with E-state index in [0.29, 0.717) is 17.5 Å². The van der Waals surface area contributed by atoms with Gasteiger partial charge in [-0.05, 0) is 24.0 Å². The molecule has 1 unspecified atom stereocenters. The molecule has 0 fully saturated rings. The highest BCUT2D eigenvalue weighted by Gasteiger charge is 2.33. The number of hydrogen-bond donors (Lipinski definition) is 1. The summed E-state index contributed by atoms with van der Waals surface area (Å²) in [4.78, 5) is 14.4. The second kappa shape index (κ2) is 5.01. The van der Waals surface area contributed by atoms with Gasteiger partial charge in [0.1, 0.15) is 0 Å². The summed E-state index contributed by atoms with van der Waals surface area (Å²) in [7, 11) is 0. The first-order valence-electron chi connectivity index (χ1n) is 6.73. The molecule has 0 saturated carbocycles. The van der Waals surface area contributed by atoms with Gasteiger partial charge in [0.15, 0.2) is 0 Å². The molecule has 3 nitrogen and oxygen atoms in total. The van der Waals surface area contributed by atoms with Crippen molar-refractivity contribution < 1.29 is 4.79 Å². The predicted molar refractivity (Wildman–Crippen MR) is 74.6 cm³/mol. The van der Waals surface area contributed by atoms with Gasteiger partial charge in [-0.1, -0.05) is 32.9 Å². The first kappa shape index (κ1) is 12.9. The third kappa shape index (κ3) is 2.09. The van der Waals surface area contributed by atoms with E-state index in [-0.39, 0.29) is 5.91 Å². The summed E-state index contributed by atoms with van der Waals surface area (Å²) in [5.41, 5.74) is 8.48. The second-order valence-electron chi connectivity index (χ2n) is 5.41. The summed E-state index contributed by atoms with van der Waals surface area (Å²) in [6.45, 7) is 8.15. The average molecular weight is 246 g/mol. The van der Waals surface area contributed by atoms with Crippen molar-refractivity contribution in [1.29, 1.82) is 0 Å². The van der Waals surface area contributed by atoms with Gasteiger partial charge in [-0.15, -0.1) is 0 Å². The van der Waals surface area contributed by atoms with Gasteiger partial charge in [-0.2, -0.15) is 0 Å². The Morgan fingerprint density at radius 1 is 1.44 bits per heavy atom. The van der Waals surface area contributed by atoms with Crippen molar-refractivity contribution in [1.82, 2.24) is 4.90 Å². The van der Waals surface area contributed by atoms with Crippen LogP contribution in [0.2, 0.25) is 0 Å². The van der Waals surface area contributed by atoms with Crippen molar-refractivity contribution in [3.63, 3.8) is 0 Å². The number of amides is 1. The van der Waals surface area contributed by atoms with Gasteiger partial charge in [0, 0.05) is 24.7 Å². The van der Waals surface area contributed by atoms with Crippen molar-refractivity contribution in [3.05, 3.63) is 29.3 Å². The maximum absolute atomic E-state index is 12.4. The molecule has 2 N–H and O–H groups in total. The lowest BCUT2D eigenvalue weighted by molar-refractivity contribution is 0.0710. The van der Waals surface area contributed by atoms with Gasteiger partial charge in [0.05, 0.1) is 5.56 Å². The fourth-order valence-corrected chi connectivity index (χ4v) is 2.75. The standard InChI is InChI=1S/C15H22N2O/c1-4-8-17-9-12(10(2)3)11-6-5-7-13(16)14(11)15(17)18/h5-7,10,12H,4,8-9,16H2,1-3H3. The number of anilines is 1. The third-order valence-corrected chi connectivity index (χ3v) is 3.74. The monoisotopic (exact) mass is 246 g/mol. The van der Waals surface area contributed by atoms with Crippen molar-refractivity contribution in [2.45, 2.75) is 33.1 Å². The number of nitrogens with two attached hydrogens (primary N) is 1. The molecule has 0 saturated heterocycles. The third-order valence-electron chi connectivity index (χ3n) is 3.74. The van der Waals surface area contributed by atoms with Gasteiger partial charge < -0.3 is 10.6 Å². The fourth-order valence-electron chi connectivity index (χ4n) is 2.75. The summed E-state index contributed by atoms with van der Waals surface area (Å²) in [5.74, 6) is 1.01. The Hall–Kier alpha value is -1.51. The molecule has 98 valence electrons. The summed E-state index contributed by atoms with van der Waals surface area (Å²) in [5, 5.41) is 0. The molecule has 0 aromatic heterocycles. The Morgan fingerprint density at radius 3 is 2.78 bits per heavy atom. The van der Waals surface area contributed by atoms with Crippen LogP contribution < -0.4 is 5.73 Å². The number of rotatable bonds is 3. The quantitative estimate of drug-likeness (QED) is 0.834. The number of carbonyl (C=O) groups is 1. The zero-order valence-electron chi connectivity index (χ0n) is 11.4. The van der Waals surface area contributed by atoms with Gasteiger partial charge in [0.2, 0.25) is 0 Å². The van der Waals surface area contributed by atoms with E-state index in [0.717, 1.165) is 30.6 Å². The minimum absolute atomic E-state index is 0.0989. The maximum atomic E-state index is 12.4. The zero-order chi connectivity index (χ0) is 13.3. The van der Waals surface area contributed by atoms with Crippen molar-refractivity contribution in [2.75, 3.05) is 18.8 Å². The molecule has 1 aliphatic rings. The van der Waals surface area contributed by atoms with Crippen LogP contribution >= 0.6 is 0 Å². The Labute approximate surface area is 109 Å². The first-order chi connectivity index (χ1) is 8.56. The maximum Gasteiger partial charge on any atom is 0.256 e. The molecule has 0 radical (unpaired) electrons. The second-order valence-corrected chi connectivity index (χ2v) is 5.41. The molecular weight excluding hydrogens is 224 g/mol. The van der Waals surface area contributed by atoms with Crippen LogP contribution in [0.15, 0.2) is 18.2 Å². The lowest BCUT2D eigenvalue weighted by Gasteiger charge is -2.36. The van der Waals surface area contributed by atoms with E-state index in [1.807, 2.05) is 17.0 Å². The lowest BCUT2D eigenvalue weighted by Crippen LogP contribution is -2.42. The summed E-state index contributed by atoms with van der Waals surface area (Å²) in [6.07, 6.45) is 0.985. The summed E-state index contributed by atoms with van der Waals surface area (Å²) < 4.78 is 0. The highest BCUT2D eigenvalue weighted by atomic mass is 16.2. The minimum atomic E-state index is 0.0989. The normalized spacial score (nSPS) is 19.2. The minimum Gasteiger partial charge on any atom is -0.398 e.